The third kappa shape index (κ3) is 4.84. The molecule has 2 aliphatic carbocycles. The van der Waals surface area contributed by atoms with Gasteiger partial charge < -0.3 is 9.64 Å². The van der Waals surface area contributed by atoms with E-state index in [1.165, 1.54) is 49.3 Å². The Morgan fingerprint density at radius 3 is 2.00 bits per heavy atom. The SMILES string of the molecule is CC(CCN1CCCCC1)Oc1ccccc1.c1cc2ccc1=2. The van der Waals surface area contributed by atoms with Gasteiger partial charge in [0.05, 0.1) is 6.10 Å². The highest BCUT2D eigenvalue weighted by Gasteiger charge is 2.11. The lowest BCUT2D eigenvalue weighted by molar-refractivity contribution is 0.163. The molecule has 0 bridgehead atoms. The second-order valence-corrected chi connectivity index (χ2v) is 6.51. The van der Waals surface area contributed by atoms with E-state index in [0.29, 0.717) is 6.10 Å². The third-order valence-corrected chi connectivity index (χ3v) is 4.60. The van der Waals surface area contributed by atoms with Crippen molar-refractivity contribution in [2.75, 3.05) is 19.6 Å². The third-order valence-electron chi connectivity index (χ3n) is 4.60. The van der Waals surface area contributed by atoms with Crippen LogP contribution in [0.1, 0.15) is 32.6 Å². The zero-order chi connectivity index (χ0) is 15.9. The van der Waals surface area contributed by atoms with Gasteiger partial charge in [-0.05, 0) is 61.8 Å². The van der Waals surface area contributed by atoms with E-state index < -0.39 is 0 Å². The fraction of sp³-hybridized carbons (Fsp3) is 0.429. The highest BCUT2D eigenvalue weighted by Crippen LogP contribution is 2.14. The number of ether oxygens (including phenoxy) is 1. The predicted octanol–water partition coefficient (Wildman–Crippen LogP) is 4.62. The molecule has 122 valence electrons. The Bertz CT molecular complexity index is 626. The van der Waals surface area contributed by atoms with Crippen molar-refractivity contribution in [2.45, 2.75) is 38.7 Å². The Labute approximate surface area is 139 Å². The van der Waals surface area contributed by atoms with E-state index in [1.54, 1.807) is 0 Å². The molecule has 4 rings (SSSR count). The molecule has 1 aliphatic heterocycles. The number of para-hydroxylation sites is 1. The monoisotopic (exact) mass is 309 g/mol. The Hall–Kier alpha value is -1.80. The molecule has 23 heavy (non-hydrogen) atoms. The topological polar surface area (TPSA) is 12.5 Å². The van der Waals surface area contributed by atoms with Gasteiger partial charge in [-0.25, -0.2) is 0 Å². The average Bonchev–Trinajstić information content (AvgIpc) is 2.59. The molecule has 2 heteroatoms. The van der Waals surface area contributed by atoms with Gasteiger partial charge in [0.25, 0.3) is 0 Å². The summed E-state index contributed by atoms with van der Waals surface area (Å²) in [7, 11) is 0. The van der Waals surface area contributed by atoms with Gasteiger partial charge in [-0.1, -0.05) is 48.9 Å². The molecule has 3 aliphatic rings. The zero-order valence-electron chi connectivity index (χ0n) is 14.1. The van der Waals surface area contributed by atoms with Crippen LogP contribution < -0.4 is 4.74 Å². The molecule has 0 spiro atoms. The average molecular weight is 309 g/mol. The molecule has 1 fully saturated rings. The van der Waals surface area contributed by atoms with Gasteiger partial charge in [0.15, 0.2) is 0 Å². The number of nitrogens with zero attached hydrogens (tertiary/aromatic N) is 1. The summed E-state index contributed by atoms with van der Waals surface area (Å²) in [6, 6.07) is 18.6. The normalized spacial score (nSPS) is 16.9. The molecule has 0 saturated carbocycles. The molecule has 0 amide bonds. The molecule has 2 nitrogen and oxygen atoms in total. The first-order valence-corrected chi connectivity index (χ1v) is 8.86. The van der Waals surface area contributed by atoms with Crippen LogP contribution in [0.3, 0.4) is 0 Å². The molecule has 0 N–H and O–H groups in total. The van der Waals surface area contributed by atoms with E-state index >= 15 is 0 Å². The van der Waals surface area contributed by atoms with Crippen molar-refractivity contribution in [3.63, 3.8) is 0 Å². The minimum Gasteiger partial charge on any atom is -0.491 e. The first-order chi connectivity index (χ1) is 11.3. The van der Waals surface area contributed by atoms with Crippen LogP contribution in [-0.4, -0.2) is 30.6 Å². The van der Waals surface area contributed by atoms with Crippen LogP contribution in [0, 0.1) is 10.4 Å². The van der Waals surface area contributed by atoms with E-state index in [4.69, 9.17) is 4.74 Å². The van der Waals surface area contributed by atoms with Crippen molar-refractivity contribution < 1.29 is 4.74 Å². The number of benzene rings is 2. The second-order valence-electron chi connectivity index (χ2n) is 6.51. The van der Waals surface area contributed by atoms with Gasteiger partial charge in [0.2, 0.25) is 0 Å². The number of hydrogen-bond donors (Lipinski definition) is 0. The molecule has 0 aromatic heterocycles. The fourth-order valence-electron chi connectivity index (χ4n) is 3.00. The maximum absolute atomic E-state index is 5.88. The highest BCUT2D eigenvalue weighted by molar-refractivity contribution is 5.22. The minimum absolute atomic E-state index is 0.305. The van der Waals surface area contributed by atoms with Crippen molar-refractivity contribution in [3.05, 3.63) is 65.0 Å². The molecule has 1 unspecified atom stereocenters. The summed E-state index contributed by atoms with van der Waals surface area (Å²) in [6.07, 6.45) is 5.57. The van der Waals surface area contributed by atoms with Crippen LogP contribution in [0.25, 0.3) is 0 Å². The van der Waals surface area contributed by atoms with E-state index in [2.05, 4.69) is 36.1 Å². The van der Waals surface area contributed by atoms with Crippen LogP contribution in [0.4, 0.5) is 0 Å². The van der Waals surface area contributed by atoms with Gasteiger partial charge in [0, 0.05) is 6.54 Å². The molecule has 1 aromatic carbocycles. The zero-order valence-corrected chi connectivity index (χ0v) is 14.1. The maximum atomic E-state index is 5.88. The van der Waals surface area contributed by atoms with Crippen LogP contribution in [-0.2, 0) is 0 Å². The van der Waals surface area contributed by atoms with Gasteiger partial charge in [-0.15, -0.1) is 0 Å². The van der Waals surface area contributed by atoms with Crippen LogP contribution in [0.15, 0.2) is 54.6 Å². The summed E-state index contributed by atoms with van der Waals surface area (Å²) in [6.45, 7) is 5.89. The van der Waals surface area contributed by atoms with Crippen LogP contribution in [0.2, 0.25) is 0 Å². The Kier molecular flexibility index (Phi) is 5.71. The number of rotatable bonds is 5. The van der Waals surface area contributed by atoms with Gasteiger partial charge >= 0.3 is 0 Å². The van der Waals surface area contributed by atoms with Crippen molar-refractivity contribution in [3.8, 4) is 5.75 Å². The Balaban J connectivity index is 0.000000213. The van der Waals surface area contributed by atoms with Crippen molar-refractivity contribution in [1.29, 1.82) is 0 Å². The Morgan fingerprint density at radius 1 is 0.870 bits per heavy atom. The summed E-state index contributed by atoms with van der Waals surface area (Å²) in [4.78, 5) is 2.56. The van der Waals surface area contributed by atoms with Crippen molar-refractivity contribution in [1.82, 2.24) is 4.90 Å². The lowest BCUT2D eigenvalue weighted by Gasteiger charge is -2.27. The van der Waals surface area contributed by atoms with E-state index in [0.717, 1.165) is 12.2 Å². The summed E-state index contributed by atoms with van der Waals surface area (Å²) in [5.41, 5.74) is 0. The van der Waals surface area contributed by atoms with Gasteiger partial charge in [-0.3, -0.25) is 0 Å². The van der Waals surface area contributed by atoms with Gasteiger partial charge in [-0.2, -0.15) is 0 Å². The summed E-state index contributed by atoms with van der Waals surface area (Å²) < 4.78 is 5.88. The standard InChI is InChI=1S/C15H23NO.C6H4/c1-14(17-15-8-4-2-5-9-15)10-13-16-11-6-3-7-12-16;1-2-6-4-3-5(1)6/h2,4-5,8-9,14H,3,6-7,10-13H2,1H3;1-4H. The number of likely N-dealkylation sites (tertiary alicyclic amines) is 1. The molecule has 0 radical (unpaired) electrons. The molecule has 1 atom stereocenters. The molecular weight excluding hydrogens is 282 g/mol. The van der Waals surface area contributed by atoms with Crippen molar-refractivity contribution >= 4 is 0 Å². The van der Waals surface area contributed by atoms with Crippen LogP contribution >= 0.6 is 0 Å². The van der Waals surface area contributed by atoms with E-state index in [-0.39, 0.29) is 0 Å². The van der Waals surface area contributed by atoms with E-state index in [1.807, 2.05) is 30.3 Å². The second kappa shape index (κ2) is 8.16. The first kappa shape index (κ1) is 16.1. The summed E-state index contributed by atoms with van der Waals surface area (Å²) >= 11 is 0. The molecule has 1 saturated heterocycles. The predicted molar refractivity (Wildman–Crippen MR) is 95.6 cm³/mol. The maximum Gasteiger partial charge on any atom is 0.119 e. The van der Waals surface area contributed by atoms with E-state index in [9.17, 15) is 0 Å². The minimum atomic E-state index is 0.305. The number of hydrogen-bond acceptors (Lipinski definition) is 2. The molecule has 1 aromatic rings. The first-order valence-electron chi connectivity index (χ1n) is 8.86. The smallest absolute Gasteiger partial charge is 0.119 e. The Morgan fingerprint density at radius 2 is 1.48 bits per heavy atom. The number of piperidine rings is 1. The summed E-state index contributed by atoms with van der Waals surface area (Å²) in [5.74, 6) is 0.985. The summed E-state index contributed by atoms with van der Waals surface area (Å²) in [5, 5.41) is 2.85. The lowest BCUT2D eigenvalue weighted by atomic mass is 10.1. The molecule has 1 heterocycles. The lowest BCUT2D eigenvalue weighted by Crippen LogP contribution is -2.32. The fourth-order valence-corrected chi connectivity index (χ4v) is 3.00. The largest absolute Gasteiger partial charge is 0.491 e. The van der Waals surface area contributed by atoms with Crippen LogP contribution in [0.5, 0.6) is 5.75 Å². The van der Waals surface area contributed by atoms with Crippen molar-refractivity contribution in [2.24, 2.45) is 0 Å². The quantitative estimate of drug-likeness (QED) is 0.682. The van der Waals surface area contributed by atoms with Gasteiger partial charge in [0.1, 0.15) is 5.75 Å². The highest BCUT2D eigenvalue weighted by atomic mass is 16.5. The molecular formula is C21H27NO.